The topological polar surface area (TPSA) is 61.1 Å². The first-order chi connectivity index (χ1) is 52.6. The zero-order valence-electron chi connectivity index (χ0n) is 64.6. The third-order valence-corrected chi connectivity index (χ3v) is 24.4. The summed E-state index contributed by atoms with van der Waals surface area (Å²) >= 11 is 9.53. The van der Waals surface area contributed by atoms with Crippen LogP contribution in [-0.4, -0.2) is 37.7 Å². The first kappa shape index (κ1) is 80.4. The maximum atomic E-state index is 6.62. The number of morpholine rings is 1. The van der Waals surface area contributed by atoms with E-state index < -0.39 is 0 Å². The molecule has 0 amide bonds. The van der Waals surface area contributed by atoms with Crippen LogP contribution in [0.1, 0.15) is 99.2 Å². The number of nitrogens with zero attached hydrogens (tertiary/aromatic N) is 1. The molecule has 0 spiro atoms. The lowest BCUT2D eigenvalue weighted by atomic mass is 9.93. The van der Waals surface area contributed by atoms with Crippen LogP contribution in [0, 0.1) is 76.6 Å². The van der Waals surface area contributed by atoms with Gasteiger partial charge in [0.2, 0.25) is 0 Å². The van der Waals surface area contributed by atoms with Crippen LogP contribution >= 0.6 is 90.4 Å². The smallest absolute Gasteiger partial charge is 0.151 e. The van der Waals surface area contributed by atoms with Crippen LogP contribution in [0.15, 0.2) is 268 Å². The average molecular weight is 1890 g/mol. The van der Waals surface area contributed by atoms with Crippen molar-refractivity contribution in [2.24, 2.45) is 0 Å². The van der Waals surface area contributed by atoms with Gasteiger partial charge >= 0.3 is 0 Å². The molecule has 10 heteroatoms. The lowest BCUT2D eigenvalue weighted by Gasteiger charge is -2.35. The summed E-state index contributed by atoms with van der Waals surface area (Å²) in [4.78, 5) is 2.29. The van der Waals surface area contributed by atoms with Crippen molar-refractivity contribution in [2.75, 3.05) is 26.7 Å². The maximum Gasteiger partial charge on any atom is 0.151 e. The number of benzene rings is 11. The fourth-order valence-corrected chi connectivity index (χ4v) is 15.7. The SMILES string of the molecule is CCc1c(-c2ccc(C)c(I)c2)oc(-c2ccc(C)cc2)c1-c1ccc(C)cc1.CCc1c(-c2ccc(C)cc2)oc(-c2ccc(C)c(I)c2)c1-c1ccc(C)cc1.CCc1c(-c2ccc(C)cc2)oc(-c2ccc(C)cc2)c1-c1ccc(C)c(I)c1.CN1CCOC([C@@H](Oc2ccc(I)cc2)c2ccccc2)C1. The highest BCUT2D eigenvalue weighted by atomic mass is 127. The molecule has 2 atom stereocenters. The van der Waals surface area contributed by atoms with Crippen molar-refractivity contribution < 1.29 is 22.7 Å². The van der Waals surface area contributed by atoms with E-state index in [1.807, 2.05) is 30.3 Å². The first-order valence-corrected chi connectivity index (χ1v) is 41.9. The van der Waals surface area contributed by atoms with Gasteiger partial charge in [0, 0.05) is 94.1 Å². The molecule has 109 heavy (non-hydrogen) atoms. The molecule has 11 aromatic carbocycles. The van der Waals surface area contributed by atoms with Crippen LogP contribution in [0.2, 0.25) is 0 Å². The molecule has 14 aromatic rings. The summed E-state index contributed by atoms with van der Waals surface area (Å²) in [5, 5.41) is 0. The average Bonchev–Trinajstić information content (AvgIpc) is 1.63. The number of ether oxygens (including phenoxy) is 2. The fourth-order valence-electron chi connectivity index (χ4n) is 13.8. The van der Waals surface area contributed by atoms with Gasteiger partial charge in [0.15, 0.2) is 6.10 Å². The molecule has 1 aliphatic rings. The molecule has 15 rings (SSSR count). The van der Waals surface area contributed by atoms with Crippen LogP contribution in [0.3, 0.4) is 0 Å². The van der Waals surface area contributed by atoms with Crippen molar-refractivity contribution in [1.29, 1.82) is 0 Å². The van der Waals surface area contributed by atoms with E-state index in [0.717, 1.165) is 118 Å². The number of rotatable bonds is 16. The van der Waals surface area contributed by atoms with Gasteiger partial charge in [-0.15, -0.1) is 0 Å². The van der Waals surface area contributed by atoms with Crippen LogP contribution in [0.4, 0.5) is 0 Å². The van der Waals surface area contributed by atoms with Crippen LogP contribution < -0.4 is 4.74 Å². The van der Waals surface area contributed by atoms with E-state index in [4.69, 9.17) is 22.7 Å². The second-order valence-corrected chi connectivity index (χ2v) is 33.3. The summed E-state index contributed by atoms with van der Waals surface area (Å²) in [5.41, 5.74) is 30.4. The molecule has 554 valence electrons. The van der Waals surface area contributed by atoms with Gasteiger partial charge in [0.25, 0.3) is 0 Å². The Balaban J connectivity index is 0.000000136. The third-order valence-electron chi connectivity index (χ3n) is 20.2. The number of aryl methyl sites for hydroxylation is 9. The molecule has 1 fully saturated rings. The second-order valence-electron chi connectivity index (χ2n) is 28.6. The van der Waals surface area contributed by atoms with Gasteiger partial charge in [-0.3, -0.25) is 0 Å². The van der Waals surface area contributed by atoms with E-state index in [0.29, 0.717) is 0 Å². The Kier molecular flexibility index (Phi) is 27.5. The molecular weight excluding hydrogens is 1790 g/mol. The molecule has 1 unspecified atom stereocenters. The van der Waals surface area contributed by atoms with Crippen molar-refractivity contribution >= 4 is 90.4 Å². The minimum Gasteiger partial charge on any atom is -0.483 e. The van der Waals surface area contributed by atoms with E-state index in [2.05, 4.69) is 410 Å². The van der Waals surface area contributed by atoms with Crippen molar-refractivity contribution in [1.82, 2.24) is 4.90 Å². The Labute approximate surface area is 700 Å². The lowest BCUT2D eigenvalue weighted by Crippen LogP contribution is -2.44. The van der Waals surface area contributed by atoms with Gasteiger partial charge in [-0.2, -0.15) is 0 Å². The highest BCUT2D eigenvalue weighted by Gasteiger charge is 2.31. The Morgan fingerprint density at radius 2 is 0.651 bits per heavy atom. The standard InChI is InChI=1S/3C27H25IO.C18H20INO2/c1-5-23-25(22-15-10-19(4)24(28)16-22)27(21-13-8-18(3)9-14-21)29-26(23)20-11-6-17(2)7-12-20;1-5-23-25(20-11-6-17(2)7-12-20)27(21-13-8-18(3)9-14-21)29-26(23)22-15-10-19(4)24(28)16-22;1-5-23-25(20-11-6-17(2)7-12-20)27(22-15-10-19(4)24(28)16-22)29-26(23)21-13-8-18(3)9-14-21;1-20-11-12-21-17(13-20)18(14-5-3-2-4-6-14)22-16-9-7-15(19)8-10-16/h3*6-16H,5H2,1-4H3;2-10,17-18H,11-13H2,1H3/t;;;17?,18-/m...0/s1. The van der Waals surface area contributed by atoms with Crippen molar-refractivity contribution in [3.8, 4) is 107 Å². The monoisotopic (exact) mass is 1890 g/mol. The van der Waals surface area contributed by atoms with Gasteiger partial charge in [0.1, 0.15) is 46.4 Å². The zero-order chi connectivity index (χ0) is 77.0. The predicted octanol–water partition coefficient (Wildman–Crippen LogP) is 28.9. The minimum absolute atomic E-state index is 0.0421. The molecule has 4 heterocycles. The Bertz CT molecular complexity index is 5320. The molecule has 1 aliphatic heterocycles. The first-order valence-electron chi connectivity index (χ1n) is 37.6. The lowest BCUT2D eigenvalue weighted by molar-refractivity contribution is -0.0760. The van der Waals surface area contributed by atoms with Crippen molar-refractivity contribution in [3.05, 3.63) is 341 Å². The third kappa shape index (κ3) is 19.6. The van der Waals surface area contributed by atoms with Crippen LogP contribution in [0.5, 0.6) is 5.75 Å². The van der Waals surface area contributed by atoms with E-state index in [9.17, 15) is 0 Å². The maximum absolute atomic E-state index is 6.62. The van der Waals surface area contributed by atoms with E-state index >= 15 is 0 Å². The van der Waals surface area contributed by atoms with Crippen LogP contribution in [0.25, 0.3) is 101 Å². The normalized spacial score (nSPS) is 13.0. The molecular formula is C99H95I4NO5. The number of furan rings is 3. The van der Waals surface area contributed by atoms with E-state index in [1.54, 1.807) is 0 Å². The Morgan fingerprint density at radius 1 is 0.349 bits per heavy atom. The molecule has 0 radical (unpaired) electrons. The Hall–Kier alpha value is -8.10. The molecule has 0 saturated carbocycles. The van der Waals surface area contributed by atoms with Gasteiger partial charge in [-0.05, 0) is 260 Å². The molecule has 6 nitrogen and oxygen atoms in total. The summed E-state index contributed by atoms with van der Waals surface area (Å²) < 4.78 is 37.1. The second kappa shape index (κ2) is 37.3. The molecule has 0 bridgehead atoms. The van der Waals surface area contributed by atoms with Crippen molar-refractivity contribution in [2.45, 2.75) is 115 Å². The summed E-state index contributed by atoms with van der Waals surface area (Å²) in [6.45, 7) is 28.4. The quantitative estimate of drug-likeness (QED) is 0.0899. The largest absolute Gasteiger partial charge is 0.483 e. The van der Waals surface area contributed by atoms with Crippen molar-refractivity contribution in [3.63, 3.8) is 0 Å². The number of hydrogen-bond acceptors (Lipinski definition) is 6. The van der Waals surface area contributed by atoms with E-state index in [-0.39, 0.29) is 12.2 Å². The zero-order valence-corrected chi connectivity index (χ0v) is 73.3. The van der Waals surface area contributed by atoms with Gasteiger partial charge in [-0.1, -0.05) is 266 Å². The minimum atomic E-state index is -0.0935. The molecule has 1 saturated heterocycles. The summed E-state index contributed by atoms with van der Waals surface area (Å²) in [6.07, 6.45) is 2.69. The molecule has 0 N–H and O–H groups in total. The number of halogens is 4. The van der Waals surface area contributed by atoms with E-state index in [1.165, 1.54) is 114 Å². The van der Waals surface area contributed by atoms with Gasteiger partial charge < -0.3 is 27.6 Å². The number of hydrogen-bond donors (Lipinski definition) is 0. The molecule has 0 aliphatic carbocycles. The van der Waals surface area contributed by atoms with Gasteiger partial charge in [0.05, 0.1) is 6.61 Å². The Morgan fingerprint density at radius 3 is 1.01 bits per heavy atom. The number of likely N-dealkylation sites (N-methyl/N-ethyl adjacent to an activating group) is 1. The van der Waals surface area contributed by atoms with Gasteiger partial charge in [-0.25, -0.2) is 0 Å². The predicted molar refractivity (Wildman–Crippen MR) is 490 cm³/mol. The summed E-state index contributed by atoms with van der Waals surface area (Å²) in [7, 11) is 2.13. The molecule has 3 aromatic heterocycles. The summed E-state index contributed by atoms with van der Waals surface area (Å²) in [5.74, 6) is 6.69. The fraction of sp³-hybridized carbons (Fsp3) is 0.212. The highest BCUT2D eigenvalue weighted by Crippen LogP contribution is 2.48. The highest BCUT2D eigenvalue weighted by molar-refractivity contribution is 14.1. The summed E-state index contributed by atoms with van der Waals surface area (Å²) in [6, 6.07) is 90.4. The van der Waals surface area contributed by atoms with Crippen LogP contribution in [-0.2, 0) is 24.0 Å².